The monoisotopic (exact) mass is 956 g/mol. The van der Waals surface area contributed by atoms with Crippen LogP contribution in [0.4, 0.5) is 0 Å². The lowest BCUT2D eigenvalue weighted by Crippen LogP contribution is -2.62. The van der Waals surface area contributed by atoms with Gasteiger partial charge in [0.1, 0.15) is 36.0 Å². The second-order valence-corrected chi connectivity index (χ2v) is 20.1. The number of ether oxygens (including phenoxy) is 1. The molecule has 1 aromatic rings. The van der Waals surface area contributed by atoms with E-state index in [0.717, 1.165) is 5.56 Å². The lowest BCUT2D eigenvalue weighted by Gasteiger charge is -2.36. The van der Waals surface area contributed by atoms with Gasteiger partial charge in [0, 0.05) is 60.7 Å². The molecule has 0 saturated carbocycles. The predicted octanol–water partition coefficient (Wildman–Crippen LogP) is 2.98. The van der Waals surface area contributed by atoms with E-state index < -0.39 is 83.4 Å². The first kappa shape index (κ1) is 59.0. The van der Waals surface area contributed by atoms with Gasteiger partial charge in [-0.05, 0) is 77.2 Å². The third-order valence-electron chi connectivity index (χ3n) is 12.0. The van der Waals surface area contributed by atoms with Gasteiger partial charge in [0.05, 0.1) is 30.8 Å². The molecule has 5 N–H and O–H groups in total. The molecule has 0 saturated heterocycles. The number of nitrogens with one attached hydrogen (secondary N) is 2. The fourth-order valence-corrected chi connectivity index (χ4v) is 8.04. The molecule has 1 aliphatic rings. The van der Waals surface area contributed by atoms with Crippen molar-refractivity contribution in [1.29, 1.82) is 0 Å². The summed E-state index contributed by atoms with van der Waals surface area (Å²) in [5, 5.41) is 16.6. The molecule has 18 nitrogen and oxygen atoms in total. The van der Waals surface area contributed by atoms with E-state index in [9.17, 15) is 38.7 Å². The summed E-state index contributed by atoms with van der Waals surface area (Å²) < 4.78 is 6.11. The summed E-state index contributed by atoms with van der Waals surface area (Å²) in [6.45, 7) is 19.1. The second-order valence-electron chi connectivity index (χ2n) is 20.1. The number of carbonyl (C=O) groups is 7. The van der Waals surface area contributed by atoms with Crippen LogP contribution in [0.5, 0.6) is 0 Å². The van der Waals surface area contributed by atoms with Gasteiger partial charge >= 0.3 is 0 Å². The van der Waals surface area contributed by atoms with Crippen molar-refractivity contribution >= 4 is 47.2 Å². The minimum atomic E-state index is -1.53. The maximum atomic E-state index is 14.8. The largest absolute Gasteiger partial charge is 0.391 e. The minimum Gasteiger partial charge on any atom is -0.391 e. The van der Waals surface area contributed by atoms with Gasteiger partial charge < -0.3 is 50.7 Å². The fourth-order valence-electron chi connectivity index (χ4n) is 8.04. The van der Waals surface area contributed by atoms with Crippen LogP contribution in [0.2, 0.25) is 0 Å². The molecule has 2 rings (SSSR count). The van der Waals surface area contributed by atoms with Gasteiger partial charge in [-0.2, -0.15) is 0 Å². The summed E-state index contributed by atoms with van der Waals surface area (Å²) in [6, 6.07) is 1.81. The number of benzene rings is 1. The molecule has 0 unspecified atom stereocenters. The van der Waals surface area contributed by atoms with Crippen molar-refractivity contribution in [2.24, 2.45) is 22.6 Å². The number of amides is 7. The van der Waals surface area contributed by atoms with Crippen molar-refractivity contribution in [3.63, 3.8) is 0 Å². The number of hydrogen-bond acceptors (Lipinski definition) is 11. The lowest BCUT2D eigenvalue weighted by atomic mass is 9.99. The highest BCUT2D eigenvalue weighted by molar-refractivity contribution is 5.98. The van der Waals surface area contributed by atoms with Crippen LogP contribution in [0.1, 0.15) is 120 Å². The maximum Gasteiger partial charge on any atom is 0.248 e. The molecule has 0 fully saturated rings. The van der Waals surface area contributed by atoms with E-state index in [4.69, 9.17) is 15.5 Å². The first-order valence-electron chi connectivity index (χ1n) is 24.4. The average molecular weight is 956 g/mol. The Morgan fingerprint density at radius 2 is 1.35 bits per heavy atom. The Bertz CT molecular complexity index is 1850. The normalized spacial score (nSPS) is 23.6. The zero-order valence-electron chi connectivity index (χ0n) is 43.5. The quantitative estimate of drug-likeness (QED) is 0.213. The Balaban J connectivity index is 2.90. The van der Waals surface area contributed by atoms with Crippen molar-refractivity contribution in [2.45, 2.75) is 169 Å². The van der Waals surface area contributed by atoms with Crippen LogP contribution in [0, 0.1) is 11.8 Å². The van der Waals surface area contributed by atoms with E-state index in [2.05, 4.69) is 10.6 Å². The highest BCUT2D eigenvalue weighted by atomic mass is 16.5. The van der Waals surface area contributed by atoms with E-state index in [1.54, 1.807) is 24.1 Å². The maximum absolute atomic E-state index is 14.8. The summed E-state index contributed by atoms with van der Waals surface area (Å²) in [4.78, 5) is 112. The van der Waals surface area contributed by atoms with Crippen molar-refractivity contribution < 1.29 is 43.4 Å². The minimum absolute atomic E-state index is 0.0267. The molecule has 18 heteroatoms. The van der Waals surface area contributed by atoms with Crippen molar-refractivity contribution in [3.05, 3.63) is 35.9 Å². The Morgan fingerprint density at radius 1 is 0.809 bits per heavy atom. The number of likely N-dealkylation sites (N-methyl/N-ethyl adjacent to an activating group) is 3. The first-order chi connectivity index (χ1) is 31.7. The van der Waals surface area contributed by atoms with Gasteiger partial charge in [0.15, 0.2) is 0 Å². The molecule has 0 spiro atoms. The number of aliphatic hydroxyl groups excluding tert-OH is 1. The number of amidine groups is 1. The number of hydrogen-bond donors (Lipinski definition) is 4. The molecule has 0 bridgehead atoms. The molecule has 7 atom stereocenters. The van der Waals surface area contributed by atoms with Crippen molar-refractivity contribution in [2.75, 3.05) is 54.4 Å². The van der Waals surface area contributed by atoms with E-state index in [1.165, 1.54) is 47.7 Å². The number of aliphatic imine (C=N–C) groups is 1. The van der Waals surface area contributed by atoms with Crippen molar-refractivity contribution in [1.82, 2.24) is 35.1 Å². The molecule has 0 aliphatic carbocycles. The Labute approximate surface area is 406 Å². The Morgan fingerprint density at radius 3 is 1.88 bits per heavy atom. The average Bonchev–Trinajstić information content (AvgIpc) is 3.27. The molecule has 1 aromatic carbocycles. The first-order valence-corrected chi connectivity index (χ1v) is 24.4. The SMILES string of the molecule is CCCN(CCC)C(=O)[C@@H]1CC(=O)N(C)CCCC(=O)N(C)[C@@H](Cc2ccccc2)C(=O)N[C@@H]([C@@H](C)O)C(=O)N(C)[C@@H](CC(C)C)C(=O)N[C@@H](COC(C)(C)C)C(=O)N(C)[C@@H](CC(C)C)C(N)=N1. The number of aliphatic hydroxyl groups is 1. The van der Waals surface area contributed by atoms with Crippen LogP contribution in [0.15, 0.2) is 35.3 Å². The van der Waals surface area contributed by atoms with Gasteiger partial charge in [-0.25, -0.2) is 0 Å². The fraction of sp³-hybridized carbons (Fsp3) is 0.720. The topological polar surface area (TPSA) is 228 Å². The molecule has 1 aliphatic heterocycles. The zero-order chi connectivity index (χ0) is 51.6. The molecule has 0 aromatic heterocycles. The summed E-state index contributed by atoms with van der Waals surface area (Å²) in [5.41, 5.74) is 6.85. The van der Waals surface area contributed by atoms with E-state index in [1.807, 2.05) is 80.5 Å². The van der Waals surface area contributed by atoms with E-state index in [-0.39, 0.29) is 68.8 Å². The number of nitrogens with two attached hydrogens (primary N) is 1. The zero-order valence-corrected chi connectivity index (χ0v) is 43.5. The van der Waals surface area contributed by atoms with Crippen LogP contribution < -0.4 is 16.4 Å². The van der Waals surface area contributed by atoms with E-state index >= 15 is 0 Å². The third-order valence-corrected chi connectivity index (χ3v) is 12.0. The molecule has 0 radical (unpaired) electrons. The van der Waals surface area contributed by atoms with Crippen LogP contribution in [-0.4, -0.2) is 179 Å². The summed E-state index contributed by atoms with van der Waals surface area (Å²) in [7, 11) is 6.01. The second kappa shape index (κ2) is 27.8. The highest BCUT2D eigenvalue weighted by Gasteiger charge is 2.40. The Kier molecular flexibility index (Phi) is 24.1. The van der Waals surface area contributed by atoms with Gasteiger partial charge in [-0.3, -0.25) is 38.6 Å². The smallest absolute Gasteiger partial charge is 0.248 e. The van der Waals surface area contributed by atoms with Crippen LogP contribution >= 0.6 is 0 Å². The molecule has 7 amide bonds. The van der Waals surface area contributed by atoms with Gasteiger partial charge in [0.2, 0.25) is 41.4 Å². The van der Waals surface area contributed by atoms with E-state index in [0.29, 0.717) is 32.4 Å². The molecular formula is C50H85N9O9. The number of rotatable bonds is 14. The molecule has 68 heavy (non-hydrogen) atoms. The lowest BCUT2D eigenvalue weighted by molar-refractivity contribution is -0.147. The highest BCUT2D eigenvalue weighted by Crippen LogP contribution is 2.20. The third kappa shape index (κ3) is 18.4. The summed E-state index contributed by atoms with van der Waals surface area (Å²) in [6.07, 6.45) is 0.288. The van der Waals surface area contributed by atoms with Crippen LogP contribution in [0.3, 0.4) is 0 Å². The number of carbonyl (C=O) groups excluding carboxylic acids is 7. The van der Waals surface area contributed by atoms with Crippen molar-refractivity contribution in [3.8, 4) is 0 Å². The van der Waals surface area contributed by atoms with Gasteiger partial charge in [-0.1, -0.05) is 71.9 Å². The predicted molar refractivity (Wildman–Crippen MR) is 264 cm³/mol. The van der Waals surface area contributed by atoms with Crippen LogP contribution in [-0.2, 0) is 44.7 Å². The summed E-state index contributed by atoms with van der Waals surface area (Å²) >= 11 is 0. The molecular weight excluding hydrogens is 871 g/mol. The standard InChI is InChI=1S/C50H85N9O9/c1-15-24-59(25-16-2)48(66)36-30-42(62)55(11)26-20-23-41(61)56(12)40(29-35-21-18-17-19-22-35)46(64)54-43(34(7)60)49(67)58(14)39(28-33(5)6)45(63)53-37(31-68-50(8,9)10)47(65)57(13)38(27-32(3)4)44(51)52-36/h17-19,21-22,32-34,36-40,43,60H,15-16,20,23-31H2,1-14H3,(H2,51,52)(H,53,63)(H,54,64)/t34-,36+,37+,38+,39+,40+,43+/m1/s1. The van der Waals surface area contributed by atoms with Gasteiger partial charge in [-0.15, -0.1) is 0 Å². The van der Waals surface area contributed by atoms with Crippen LogP contribution in [0.25, 0.3) is 0 Å². The van der Waals surface area contributed by atoms with Gasteiger partial charge in [0.25, 0.3) is 0 Å². The Hall–Kier alpha value is -5.10. The molecule has 1 heterocycles. The summed E-state index contributed by atoms with van der Waals surface area (Å²) in [5.74, 6) is -4.13. The molecule has 384 valence electrons. The number of nitrogens with zero attached hydrogens (tertiary/aromatic N) is 6.